The molecule has 0 aromatic heterocycles. The number of carbonyl (C=O) groups is 2. The van der Waals surface area contributed by atoms with Crippen molar-refractivity contribution < 1.29 is 9.59 Å². The zero-order valence-corrected chi connectivity index (χ0v) is 13.3. The van der Waals surface area contributed by atoms with Crippen molar-refractivity contribution in [2.24, 2.45) is 0 Å². The maximum absolute atomic E-state index is 11.6. The fraction of sp³-hybridized carbons (Fsp3) is 0.857. The number of hydrogen-bond donors (Lipinski definition) is 2. The molecular weight excluding hydrogens is 299 g/mol. The molecule has 0 aliphatic heterocycles. The summed E-state index contributed by atoms with van der Waals surface area (Å²) in [6.07, 6.45) is 6.14. The van der Waals surface area contributed by atoms with Gasteiger partial charge >= 0.3 is 0 Å². The molecule has 0 aromatic rings. The molecule has 0 heterocycles. The van der Waals surface area contributed by atoms with E-state index in [0.717, 1.165) is 38.5 Å². The first-order valence-electron chi connectivity index (χ1n) is 7.36. The number of rotatable bonds is 8. The Morgan fingerprint density at radius 3 is 1.45 bits per heavy atom. The van der Waals surface area contributed by atoms with Crippen molar-refractivity contribution >= 4 is 35.0 Å². The highest BCUT2D eigenvalue weighted by Gasteiger charge is 2.23. The lowest BCUT2D eigenvalue weighted by Crippen LogP contribution is -2.43. The van der Waals surface area contributed by atoms with E-state index >= 15 is 0 Å². The monoisotopic (exact) mass is 322 g/mol. The third-order valence-electron chi connectivity index (χ3n) is 3.53. The molecule has 0 unspecified atom stereocenters. The summed E-state index contributed by atoms with van der Waals surface area (Å²) >= 11 is 11.1. The number of nitrogens with one attached hydrogen (secondary N) is 2. The van der Waals surface area contributed by atoms with Gasteiger partial charge in [0.1, 0.15) is 0 Å². The summed E-state index contributed by atoms with van der Waals surface area (Å²) in [7, 11) is 0. The molecule has 0 spiro atoms. The van der Waals surface area contributed by atoms with Gasteiger partial charge in [-0.05, 0) is 38.5 Å². The Labute approximate surface area is 131 Å². The van der Waals surface area contributed by atoms with Crippen molar-refractivity contribution in [3.05, 3.63) is 0 Å². The number of halogens is 2. The lowest BCUT2D eigenvalue weighted by molar-refractivity contribution is -0.123. The van der Waals surface area contributed by atoms with Crippen LogP contribution in [0, 0.1) is 0 Å². The quantitative estimate of drug-likeness (QED) is 0.675. The van der Waals surface area contributed by atoms with Crippen LogP contribution < -0.4 is 10.6 Å². The van der Waals surface area contributed by atoms with Gasteiger partial charge in [-0.1, -0.05) is 0 Å². The largest absolute Gasteiger partial charge is 0.353 e. The molecule has 116 valence electrons. The van der Waals surface area contributed by atoms with E-state index in [4.69, 9.17) is 23.2 Å². The van der Waals surface area contributed by atoms with E-state index < -0.39 is 0 Å². The third kappa shape index (κ3) is 7.34. The molecule has 0 atom stereocenters. The van der Waals surface area contributed by atoms with Gasteiger partial charge in [0.25, 0.3) is 0 Å². The van der Waals surface area contributed by atoms with Gasteiger partial charge in [0.2, 0.25) is 11.8 Å². The van der Waals surface area contributed by atoms with E-state index in [-0.39, 0.29) is 23.9 Å². The molecule has 0 bridgehead atoms. The highest BCUT2D eigenvalue weighted by atomic mass is 35.5. The molecule has 0 saturated heterocycles. The minimum Gasteiger partial charge on any atom is -0.353 e. The van der Waals surface area contributed by atoms with Crippen LogP contribution in [-0.2, 0) is 9.59 Å². The molecule has 1 aliphatic rings. The molecule has 6 heteroatoms. The van der Waals surface area contributed by atoms with Crippen LogP contribution in [0.4, 0.5) is 0 Å². The summed E-state index contributed by atoms with van der Waals surface area (Å²) in [4.78, 5) is 23.2. The van der Waals surface area contributed by atoms with Crippen LogP contribution in [0.3, 0.4) is 0 Å². The molecule has 1 rings (SSSR count). The summed E-state index contributed by atoms with van der Waals surface area (Å²) in [5.41, 5.74) is 0. The molecule has 20 heavy (non-hydrogen) atoms. The fourth-order valence-corrected chi connectivity index (χ4v) is 2.70. The summed E-state index contributed by atoms with van der Waals surface area (Å²) in [6, 6.07) is 0.489. The Balaban J connectivity index is 2.16. The number of alkyl halides is 2. The molecule has 1 aliphatic carbocycles. The number of hydrogen-bond acceptors (Lipinski definition) is 2. The Morgan fingerprint density at radius 2 is 1.15 bits per heavy atom. The predicted molar refractivity (Wildman–Crippen MR) is 82.2 cm³/mol. The van der Waals surface area contributed by atoms with Crippen LogP contribution in [-0.4, -0.2) is 35.7 Å². The van der Waals surface area contributed by atoms with Crippen LogP contribution in [0.2, 0.25) is 0 Å². The summed E-state index contributed by atoms with van der Waals surface area (Å²) in [6.45, 7) is 0. The first-order chi connectivity index (χ1) is 9.65. The van der Waals surface area contributed by atoms with Crippen molar-refractivity contribution in [1.29, 1.82) is 0 Å². The molecule has 0 aromatic carbocycles. The first-order valence-corrected chi connectivity index (χ1v) is 8.43. The minimum absolute atomic E-state index is 0.0836. The normalized spacial score (nSPS) is 22.3. The summed E-state index contributed by atoms with van der Waals surface area (Å²) in [5.74, 6) is 1.21. The zero-order valence-electron chi connectivity index (χ0n) is 11.8. The van der Waals surface area contributed by atoms with Crippen molar-refractivity contribution in [1.82, 2.24) is 10.6 Å². The molecule has 2 N–H and O–H groups in total. The van der Waals surface area contributed by atoms with E-state index in [2.05, 4.69) is 10.6 Å². The van der Waals surface area contributed by atoms with E-state index in [0.29, 0.717) is 24.6 Å². The van der Waals surface area contributed by atoms with Crippen LogP contribution in [0.25, 0.3) is 0 Å². The lowest BCUT2D eigenvalue weighted by atomic mass is 9.91. The highest BCUT2D eigenvalue weighted by molar-refractivity contribution is 6.18. The average Bonchev–Trinajstić information content (AvgIpc) is 2.45. The minimum atomic E-state index is 0.0836. The lowest BCUT2D eigenvalue weighted by Gasteiger charge is -2.29. The van der Waals surface area contributed by atoms with Crippen molar-refractivity contribution in [2.75, 3.05) is 11.8 Å². The van der Waals surface area contributed by atoms with Gasteiger partial charge in [0.05, 0.1) is 0 Å². The summed E-state index contributed by atoms with van der Waals surface area (Å²) < 4.78 is 0. The molecule has 0 radical (unpaired) electrons. The van der Waals surface area contributed by atoms with Gasteiger partial charge in [-0.25, -0.2) is 0 Å². The van der Waals surface area contributed by atoms with Crippen molar-refractivity contribution in [3.8, 4) is 0 Å². The SMILES string of the molecule is O=C(CCCCl)NC1CCC(NC(=O)CCCCl)CC1. The Kier molecular flexibility index (Phi) is 9.03. The van der Waals surface area contributed by atoms with Gasteiger partial charge in [0, 0.05) is 36.7 Å². The second kappa shape index (κ2) is 10.3. The Hall–Kier alpha value is -0.480. The van der Waals surface area contributed by atoms with E-state index in [9.17, 15) is 9.59 Å². The Morgan fingerprint density at radius 1 is 0.800 bits per heavy atom. The van der Waals surface area contributed by atoms with Crippen molar-refractivity contribution in [3.63, 3.8) is 0 Å². The van der Waals surface area contributed by atoms with E-state index in [1.807, 2.05) is 0 Å². The number of carbonyl (C=O) groups excluding carboxylic acids is 2. The first kappa shape index (κ1) is 17.6. The molecule has 4 nitrogen and oxygen atoms in total. The topological polar surface area (TPSA) is 58.2 Å². The van der Waals surface area contributed by atoms with E-state index in [1.54, 1.807) is 0 Å². The molecular formula is C14H24Cl2N2O2. The Bertz CT molecular complexity index is 276. The van der Waals surface area contributed by atoms with Gasteiger partial charge in [-0.2, -0.15) is 0 Å². The highest BCUT2D eigenvalue weighted by Crippen LogP contribution is 2.19. The van der Waals surface area contributed by atoms with Gasteiger partial charge in [-0.3, -0.25) is 9.59 Å². The zero-order chi connectivity index (χ0) is 14.8. The predicted octanol–water partition coefficient (Wildman–Crippen LogP) is 2.57. The van der Waals surface area contributed by atoms with Crippen LogP contribution in [0.1, 0.15) is 51.4 Å². The van der Waals surface area contributed by atoms with Crippen LogP contribution in [0.5, 0.6) is 0 Å². The smallest absolute Gasteiger partial charge is 0.220 e. The second-order valence-electron chi connectivity index (χ2n) is 5.27. The van der Waals surface area contributed by atoms with Gasteiger partial charge < -0.3 is 10.6 Å². The fourth-order valence-electron chi connectivity index (χ4n) is 2.44. The van der Waals surface area contributed by atoms with Crippen molar-refractivity contribution in [2.45, 2.75) is 63.5 Å². The third-order valence-corrected chi connectivity index (χ3v) is 4.07. The molecule has 1 fully saturated rings. The van der Waals surface area contributed by atoms with Crippen LogP contribution in [0.15, 0.2) is 0 Å². The molecule has 1 saturated carbocycles. The van der Waals surface area contributed by atoms with Gasteiger partial charge in [0.15, 0.2) is 0 Å². The maximum atomic E-state index is 11.6. The van der Waals surface area contributed by atoms with Crippen LogP contribution >= 0.6 is 23.2 Å². The van der Waals surface area contributed by atoms with Gasteiger partial charge in [-0.15, -0.1) is 23.2 Å². The van der Waals surface area contributed by atoms with E-state index in [1.165, 1.54) is 0 Å². The number of amides is 2. The standard InChI is InChI=1S/C14H24Cl2N2O2/c15-9-1-3-13(19)17-11-5-7-12(8-6-11)18-14(20)4-2-10-16/h11-12H,1-10H2,(H,17,19)(H,18,20). The average molecular weight is 323 g/mol. The second-order valence-corrected chi connectivity index (χ2v) is 6.02. The molecule has 2 amide bonds. The maximum Gasteiger partial charge on any atom is 0.220 e. The summed E-state index contributed by atoms with van der Waals surface area (Å²) in [5, 5.41) is 6.07.